The van der Waals surface area contributed by atoms with E-state index < -0.39 is 17.8 Å². The molecule has 200 valence electrons. The molecule has 4 aromatic rings. The fourth-order valence-electron chi connectivity index (χ4n) is 5.00. The topological polar surface area (TPSA) is 109 Å². The van der Waals surface area contributed by atoms with Crippen LogP contribution in [0.5, 0.6) is 0 Å². The molecule has 0 aliphatic heterocycles. The van der Waals surface area contributed by atoms with Crippen LogP contribution in [0.15, 0.2) is 72.8 Å². The molecule has 39 heavy (non-hydrogen) atoms. The highest BCUT2D eigenvalue weighted by Crippen LogP contribution is 2.31. The van der Waals surface area contributed by atoms with Crippen LogP contribution in [0.4, 0.5) is 15.8 Å². The molecular formula is C29H29FN6O3. The quantitative estimate of drug-likeness (QED) is 0.353. The first kappa shape index (κ1) is 26.0. The van der Waals surface area contributed by atoms with Gasteiger partial charge >= 0.3 is 0 Å². The van der Waals surface area contributed by atoms with E-state index >= 15 is 0 Å². The highest BCUT2D eigenvalue weighted by molar-refractivity contribution is 6.02. The van der Waals surface area contributed by atoms with Gasteiger partial charge in [-0.15, -0.1) is 5.10 Å². The van der Waals surface area contributed by atoms with Gasteiger partial charge in [0.15, 0.2) is 0 Å². The van der Waals surface area contributed by atoms with Gasteiger partial charge in [-0.05, 0) is 66.9 Å². The molecule has 1 aliphatic carbocycles. The molecule has 0 saturated heterocycles. The molecule has 9 nitrogen and oxygen atoms in total. The maximum atomic E-state index is 14.1. The van der Waals surface area contributed by atoms with E-state index in [1.807, 2.05) is 18.2 Å². The van der Waals surface area contributed by atoms with E-state index in [1.165, 1.54) is 40.8 Å². The number of carbonyl (C=O) groups excluding carboxylic acids is 3. The van der Waals surface area contributed by atoms with Crippen molar-refractivity contribution >= 4 is 40.1 Å². The average Bonchev–Trinajstić information content (AvgIpc) is 3.58. The third kappa shape index (κ3) is 5.95. The largest absolute Gasteiger partial charge is 0.351 e. The Morgan fingerprint density at radius 2 is 1.69 bits per heavy atom. The van der Waals surface area contributed by atoms with Gasteiger partial charge in [0.1, 0.15) is 23.9 Å². The first-order valence-electron chi connectivity index (χ1n) is 12.9. The second-order valence-electron chi connectivity index (χ2n) is 9.67. The van der Waals surface area contributed by atoms with Gasteiger partial charge in [0.25, 0.3) is 0 Å². The Morgan fingerprint density at radius 3 is 2.38 bits per heavy atom. The van der Waals surface area contributed by atoms with Crippen LogP contribution >= 0.6 is 0 Å². The molecule has 1 aromatic heterocycles. The minimum absolute atomic E-state index is 0.0128. The standard InChI is InChI=1S/C29H29FN6O3/c1-19(37)31-23-14-16-24(17-15-23)36(27(38)18-35-26-9-5-4-8-25(26)33-34-35)28(20-10-12-21(30)13-11-20)29(39)32-22-6-2-3-7-22/h4-5,8-17,22,28H,2-3,6-7,18H2,1H3,(H,31,37)(H,32,39). The highest BCUT2D eigenvalue weighted by atomic mass is 19.1. The van der Waals surface area contributed by atoms with E-state index in [1.54, 1.807) is 30.3 Å². The van der Waals surface area contributed by atoms with Gasteiger partial charge < -0.3 is 10.6 Å². The summed E-state index contributed by atoms with van der Waals surface area (Å²) in [4.78, 5) is 40.8. The Bertz CT molecular complexity index is 1480. The second kappa shape index (κ2) is 11.4. The molecule has 2 N–H and O–H groups in total. The predicted molar refractivity (Wildman–Crippen MR) is 145 cm³/mol. The van der Waals surface area contributed by atoms with Gasteiger partial charge in [0.05, 0.1) is 5.52 Å². The summed E-state index contributed by atoms with van der Waals surface area (Å²) in [6.07, 6.45) is 3.79. The van der Waals surface area contributed by atoms with Crippen molar-refractivity contribution in [3.05, 3.63) is 84.2 Å². The lowest BCUT2D eigenvalue weighted by Crippen LogP contribution is -2.47. The number of rotatable bonds is 8. The van der Waals surface area contributed by atoms with Crippen molar-refractivity contribution in [3.8, 4) is 0 Å². The smallest absolute Gasteiger partial charge is 0.249 e. The van der Waals surface area contributed by atoms with E-state index in [9.17, 15) is 18.8 Å². The maximum absolute atomic E-state index is 14.1. The first-order chi connectivity index (χ1) is 18.9. The summed E-state index contributed by atoms with van der Waals surface area (Å²) in [6, 6.07) is 18.5. The van der Waals surface area contributed by atoms with Crippen LogP contribution in [-0.4, -0.2) is 38.8 Å². The molecular weight excluding hydrogens is 499 g/mol. The Kier molecular flexibility index (Phi) is 7.62. The summed E-state index contributed by atoms with van der Waals surface area (Å²) < 4.78 is 15.4. The second-order valence-corrected chi connectivity index (χ2v) is 9.67. The molecule has 0 bridgehead atoms. The number of hydrogen-bond donors (Lipinski definition) is 2. The highest BCUT2D eigenvalue weighted by Gasteiger charge is 2.34. The summed E-state index contributed by atoms with van der Waals surface area (Å²) in [5.74, 6) is -1.43. The van der Waals surface area contributed by atoms with Gasteiger partial charge in [0.2, 0.25) is 17.7 Å². The average molecular weight is 529 g/mol. The van der Waals surface area contributed by atoms with Gasteiger partial charge in [-0.25, -0.2) is 9.07 Å². The summed E-state index contributed by atoms with van der Waals surface area (Å²) in [7, 11) is 0. The number of carbonyl (C=O) groups is 3. The monoisotopic (exact) mass is 528 g/mol. The summed E-state index contributed by atoms with van der Waals surface area (Å²) in [5.41, 5.74) is 2.78. The molecule has 1 unspecified atom stereocenters. The summed E-state index contributed by atoms with van der Waals surface area (Å²) in [6.45, 7) is 1.23. The number of aromatic nitrogens is 3. The van der Waals surface area contributed by atoms with Gasteiger partial charge in [0, 0.05) is 24.3 Å². The van der Waals surface area contributed by atoms with Crippen LogP contribution in [0, 0.1) is 5.82 Å². The van der Waals surface area contributed by atoms with E-state index in [4.69, 9.17) is 0 Å². The zero-order valence-electron chi connectivity index (χ0n) is 21.5. The molecule has 3 amide bonds. The molecule has 1 heterocycles. The summed E-state index contributed by atoms with van der Waals surface area (Å²) in [5, 5.41) is 14.1. The maximum Gasteiger partial charge on any atom is 0.249 e. The van der Waals surface area contributed by atoms with Crippen LogP contribution in [0.3, 0.4) is 0 Å². The lowest BCUT2D eigenvalue weighted by Gasteiger charge is -2.32. The number of nitrogens with one attached hydrogen (secondary N) is 2. The number of benzene rings is 3. The zero-order valence-corrected chi connectivity index (χ0v) is 21.5. The van der Waals surface area contributed by atoms with E-state index in [-0.39, 0.29) is 24.4 Å². The lowest BCUT2D eigenvalue weighted by molar-refractivity contribution is -0.127. The third-order valence-corrected chi connectivity index (χ3v) is 6.83. The number of fused-ring (bicyclic) bond motifs is 1. The van der Waals surface area contributed by atoms with Crippen LogP contribution < -0.4 is 15.5 Å². The molecule has 10 heteroatoms. The predicted octanol–water partition coefficient (Wildman–Crippen LogP) is 4.36. The SMILES string of the molecule is CC(=O)Nc1ccc(N(C(=O)Cn2nnc3ccccc32)C(C(=O)NC2CCCC2)c2ccc(F)cc2)cc1. The first-order valence-corrected chi connectivity index (χ1v) is 12.9. The van der Waals surface area contributed by atoms with Crippen molar-refractivity contribution in [3.63, 3.8) is 0 Å². The molecule has 1 saturated carbocycles. The fourth-order valence-corrected chi connectivity index (χ4v) is 5.00. The van der Waals surface area contributed by atoms with E-state index in [0.29, 0.717) is 28.0 Å². The van der Waals surface area contributed by atoms with Crippen molar-refractivity contribution in [1.29, 1.82) is 0 Å². The molecule has 3 aromatic carbocycles. The number of hydrogen-bond acceptors (Lipinski definition) is 5. The molecule has 1 fully saturated rings. The minimum Gasteiger partial charge on any atom is -0.351 e. The zero-order chi connectivity index (χ0) is 27.4. The van der Waals surface area contributed by atoms with E-state index in [2.05, 4.69) is 20.9 Å². The van der Waals surface area contributed by atoms with Crippen molar-refractivity contribution in [1.82, 2.24) is 20.3 Å². The van der Waals surface area contributed by atoms with Gasteiger partial charge in [-0.2, -0.15) is 0 Å². The normalized spacial score (nSPS) is 14.2. The Labute approximate surface area is 225 Å². The third-order valence-electron chi connectivity index (χ3n) is 6.83. The number of halogens is 1. The number of anilines is 2. The molecule has 5 rings (SSSR count). The van der Waals surface area contributed by atoms with E-state index in [0.717, 1.165) is 25.7 Å². The minimum atomic E-state index is -1.07. The lowest BCUT2D eigenvalue weighted by atomic mass is 10.0. The van der Waals surface area contributed by atoms with Crippen molar-refractivity contribution in [2.45, 2.75) is 51.2 Å². The van der Waals surface area contributed by atoms with Crippen molar-refractivity contribution < 1.29 is 18.8 Å². The van der Waals surface area contributed by atoms with Gasteiger partial charge in [-0.1, -0.05) is 42.3 Å². The number of nitrogens with zero attached hydrogens (tertiary/aromatic N) is 4. The Morgan fingerprint density at radius 1 is 1.00 bits per heavy atom. The van der Waals surface area contributed by atoms with Crippen LogP contribution in [0.25, 0.3) is 11.0 Å². The van der Waals surface area contributed by atoms with Crippen LogP contribution in [0.2, 0.25) is 0 Å². The van der Waals surface area contributed by atoms with Crippen molar-refractivity contribution in [2.75, 3.05) is 10.2 Å². The Balaban J connectivity index is 1.56. The fraction of sp³-hybridized carbons (Fsp3) is 0.276. The number of amides is 3. The van der Waals surface area contributed by atoms with Crippen LogP contribution in [0.1, 0.15) is 44.2 Å². The van der Waals surface area contributed by atoms with Crippen LogP contribution in [-0.2, 0) is 20.9 Å². The molecule has 0 spiro atoms. The van der Waals surface area contributed by atoms with Crippen molar-refractivity contribution in [2.24, 2.45) is 0 Å². The Hall–Kier alpha value is -4.60. The molecule has 1 aliphatic rings. The summed E-state index contributed by atoms with van der Waals surface area (Å²) >= 11 is 0. The van der Waals surface area contributed by atoms with Gasteiger partial charge in [-0.3, -0.25) is 19.3 Å². The molecule has 1 atom stereocenters. The number of para-hydroxylation sites is 1. The molecule has 0 radical (unpaired) electrons.